The standard InChI is InChI=1S/C21H20N6O2S/c1-2-29-21(28)15-13-30-20(22-15)16-9-6-12-26(16)18-11-10-17-23-24-19(27(17)25-18)14-7-4-3-5-8-14/h3-5,7-8,10-11,13,16H,2,6,9,12H2,1H3. The number of anilines is 1. The second kappa shape index (κ2) is 7.83. The summed E-state index contributed by atoms with van der Waals surface area (Å²) in [6.07, 6.45) is 2.00. The van der Waals surface area contributed by atoms with Crippen molar-refractivity contribution in [3.63, 3.8) is 0 Å². The summed E-state index contributed by atoms with van der Waals surface area (Å²) in [6, 6.07) is 13.9. The number of ether oxygens (including phenoxy) is 1. The van der Waals surface area contributed by atoms with Crippen LogP contribution in [0.15, 0.2) is 47.8 Å². The third kappa shape index (κ3) is 3.30. The molecule has 1 unspecified atom stereocenters. The number of hydrogen-bond acceptors (Lipinski definition) is 8. The molecule has 1 saturated heterocycles. The van der Waals surface area contributed by atoms with E-state index in [1.807, 2.05) is 42.5 Å². The van der Waals surface area contributed by atoms with Crippen molar-refractivity contribution >= 4 is 28.8 Å². The molecule has 0 saturated carbocycles. The SMILES string of the molecule is CCOC(=O)c1csc(C2CCCN2c2ccc3nnc(-c4ccccc4)n3n2)n1. The highest BCUT2D eigenvalue weighted by Gasteiger charge is 2.30. The highest BCUT2D eigenvalue weighted by atomic mass is 32.1. The molecule has 4 aromatic rings. The third-order valence-electron chi connectivity index (χ3n) is 5.12. The average Bonchev–Trinajstić information content (AvgIpc) is 3.52. The quantitative estimate of drug-likeness (QED) is 0.454. The van der Waals surface area contributed by atoms with Gasteiger partial charge in [-0.15, -0.1) is 26.6 Å². The van der Waals surface area contributed by atoms with E-state index in [9.17, 15) is 4.79 Å². The van der Waals surface area contributed by atoms with Crippen molar-refractivity contribution in [2.75, 3.05) is 18.1 Å². The predicted molar refractivity (Wildman–Crippen MR) is 114 cm³/mol. The van der Waals surface area contributed by atoms with Gasteiger partial charge >= 0.3 is 5.97 Å². The van der Waals surface area contributed by atoms with E-state index in [1.54, 1.807) is 16.8 Å². The Morgan fingerprint density at radius 3 is 2.90 bits per heavy atom. The molecule has 3 aromatic heterocycles. The van der Waals surface area contributed by atoms with Gasteiger partial charge in [0, 0.05) is 17.5 Å². The Morgan fingerprint density at radius 1 is 1.20 bits per heavy atom. The smallest absolute Gasteiger partial charge is 0.357 e. The molecule has 0 bridgehead atoms. The number of hydrogen-bond donors (Lipinski definition) is 0. The molecule has 8 nitrogen and oxygen atoms in total. The number of benzene rings is 1. The van der Waals surface area contributed by atoms with Gasteiger partial charge in [0.1, 0.15) is 10.8 Å². The Balaban J connectivity index is 1.48. The van der Waals surface area contributed by atoms with Gasteiger partial charge in [0.05, 0.1) is 12.6 Å². The lowest BCUT2D eigenvalue weighted by atomic mass is 10.2. The second-order valence-corrected chi connectivity index (χ2v) is 7.88. The summed E-state index contributed by atoms with van der Waals surface area (Å²) in [5.41, 5.74) is 2.04. The maximum atomic E-state index is 12.0. The molecule has 0 N–H and O–H groups in total. The number of nitrogens with zero attached hydrogens (tertiary/aromatic N) is 6. The number of fused-ring (bicyclic) bond motifs is 1. The van der Waals surface area contributed by atoms with Gasteiger partial charge in [-0.05, 0) is 31.9 Å². The minimum absolute atomic E-state index is 0.0831. The summed E-state index contributed by atoms with van der Waals surface area (Å²) in [4.78, 5) is 18.8. The molecular weight excluding hydrogens is 400 g/mol. The Kier molecular flexibility index (Phi) is 4.88. The Hall–Kier alpha value is -3.33. The van der Waals surface area contributed by atoms with Crippen LogP contribution in [0.4, 0.5) is 5.82 Å². The van der Waals surface area contributed by atoms with E-state index in [0.717, 1.165) is 35.8 Å². The molecule has 1 aliphatic rings. The first-order valence-electron chi connectivity index (χ1n) is 9.91. The van der Waals surface area contributed by atoms with Crippen LogP contribution in [0.1, 0.15) is 41.3 Å². The Morgan fingerprint density at radius 2 is 2.07 bits per heavy atom. The maximum Gasteiger partial charge on any atom is 0.357 e. The zero-order valence-electron chi connectivity index (χ0n) is 16.4. The molecular formula is C21H20N6O2S. The van der Waals surface area contributed by atoms with Crippen LogP contribution in [-0.2, 0) is 4.74 Å². The zero-order chi connectivity index (χ0) is 20.5. The minimum Gasteiger partial charge on any atom is -0.461 e. The Bertz CT molecular complexity index is 1190. The van der Waals surface area contributed by atoms with Crippen LogP contribution in [0.25, 0.3) is 17.0 Å². The lowest BCUT2D eigenvalue weighted by Gasteiger charge is -2.24. The van der Waals surface area contributed by atoms with Crippen LogP contribution in [0.3, 0.4) is 0 Å². The molecule has 5 rings (SSSR count). The summed E-state index contributed by atoms with van der Waals surface area (Å²) in [5, 5.41) is 16.1. The number of thiazole rings is 1. The molecule has 0 spiro atoms. The van der Waals surface area contributed by atoms with Crippen LogP contribution < -0.4 is 4.90 Å². The van der Waals surface area contributed by atoms with Crippen molar-refractivity contribution in [1.82, 2.24) is 24.8 Å². The van der Waals surface area contributed by atoms with E-state index < -0.39 is 0 Å². The minimum atomic E-state index is -0.374. The normalized spacial score (nSPS) is 16.3. The van der Waals surface area contributed by atoms with Crippen molar-refractivity contribution in [3.8, 4) is 11.4 Å². The molecule has 1 fully saturated rings. The molecule has 1 aliphatic heterocycles. The molecule has 1 atom stereocenters. The highest BCUT2D eigenvalue weighted by molar-refractivity contribution is 7.10. The lowest BCUT2D eigenvalue weighted by molar-refractivity contribution is 0.0520. The van der Waals surface area contributed by atoms with Crippen molar-refractivity contribution in [2.24, 2.45) is 0 Å². The van der Waals surface area contributed by atoms with Crippen LogP contribution in [0, 0.1) is 0 Å². The fourth-order valence-corrected chi connectivity index (χ4v) is 4.67. The maximum absolute atomic E-state index is 12.0. The molecule has 4 heterocycles. The summed E-state index contributed by atoms with van der Waals surface area (Å²) >= 11 is 1.49. The summed E-state index contributed by atoms with van der Waals surface area (Å²) in [5.74, 6) is 1.18. The van der Waals surface area contributed by atoms with Gasteiger partial charge < -0.3 is 9.64 Å². The molecule has 9 heteroatoms. The molecule has 0 amide bonds. The summed E-state index contributed by atoms with van der Waals surface area (Å²) in [7, 11) is 0. The van der Waals surface area contributed by atoms with Crippen LogP contribution >= 0.6 is 11.3 Å². The van der Waals surface area contributed by atoms with Gasteiger partial charge in [-0.25, -0.2) is 9.78 Å². The fourth-order valence-electron chi connectivity index (χ4n) is 3.74. The topological polar surface area (TPSA) is 85.5 Å². The first-order valence-corrected chi connectivity index (χ1v) is 10.8. The van der Waals surface area contributed by atoms with Gasteiger partial charge in [-0.1, -0.05) is 30.3 Å². The van der Waals surface area contributed by atoms with E-state index in [2.05, 4.69) is 20.1 Å². The molecule has 0 aliphatic carbocycles. The monoisotopic (exact) mass is 420 g/mol. The zero-order valence-corrected chi connectivity index (χ0v) is 17.2. The average molecular weight is 420 g/mol. The van der Waals surface area contributed by atoms with Gasteiger partial charge in [-0.3, -0.25) is 0 Å². The van der Waals surface area contributed by atoms with E-state index in [0.29, 0.717) is 23.8 Å². The van der Waals surface area contributed by atoms with Gasteiger partial charge in [0.2, 0.25) is 0 Å². The summed E-state index contributed by atoms with van der Waals surface area (Å²) in [6.45, 7) is 3.01. The molecule has 0 radical (unpaired) electrons. The third-order valence-corrected chi connectivity index (χ3v) is 6.07. The fraction of sp³-hybridized carbons (Fsp3) is 0.286. The number of carbonyl (C=O) groups is 1. The van der Waals surface area contributed by atoms with Gasteiger partial charge in [0.15, 0.2) is 17.2 Å². The number of rotatable bonds is 5. The molecule has 1 aromatic carbocycles. The van der Waals surface area contributed by atoms with E-state index in [-0.39, 0.29) is 12.0 Å². The first-order chi connectivity index (χ1) is 14.7. The number of esters is 1. The lowest BCUT2D eigenvalue weighted by Crippen LogP contribution is -2.24. The van der Waals surface area contributed by atoms with Crippen LogP contribution in [-0.4, -0.2) is 43.9 Å². The largest absolute Gasteiger partial charge is 0.461 e. The highest BCUT2D eigenvalue weighted by Crippen LogP contribution is 2.36. The first kappa shape index (κ1) is 18.7. The number of aromatic nitrogens is 5. The van der Waals surface area contributed by atoms with E-state index >= 15 is 0 Å². The van der Waals surface area contributed by atoms with Crippen LogP contribution in [0.2, 0.25) is 0 Å². The number of carbonyl (C=O) groups excluding carboxylic acids is 1. The predicted octanol–water partition coefficient (Wildman–Crippen LogP) is 3.77. The van der Waals surface area contributed by atoms with Crippen molar-refractivity contribution in [2.45, 2.75) is 25.8 Å². The van der Waals surface area contributed by atoms with E-state index in [1.165, 1.54) is 11.3 Å². The molecule has 30 heavy (non-hydrogen) atoms. The van der Waals surface area contributed by atoms with Crippen molar-refractivity contribution in [1.29, 1.82) is 0 Å². The van der Waals surface area contributed by atoms with E-state index in [4.69, 9.17) is 9.84 Å². The summed E-state index contributed by atoms with van der Waals surface area (Å²) < 4.78 is 6.86. The molecule has 152 valence electrons. The van der Waals surface area contributed by atoms with Crippen LogP contribution in [0.5, 0.6) is 0 Å². The van der Waals surface area contributed by atoms with Gasteiger partial charge in [0.25, 0.3) is 0 Å². The second-order valence-electron chi connectivity index (χ2n) is 6.99. The van der Waals surface area contributed by atoms with Crippen molar-refractivity contribution < 1.29 is 9.53 Å². The van der Waals surface area contributed by atoms with Gasteiger partial charge in [-0.2, -0.15) is 4.52 Å². The Labute approximate surface area is 177 Å². The van der Waals surface area contributed by atoms with Crippen molar-refractivity contribution in [3.05, 3.63) is 58.5 Å².